The highest BCUT2D eigenvalue weighted by molar-refractivity contribution is 5.42. The molecule has 3 rings (SSSR count). The quantitative estimate of drug-likeness (QED) is 0.866. The summed E-state index contributed by atoms with van der Waals surface area (Å²) in [5.41, 5.74) is 2.59. The van der Waals surface area contributed by atoms with Crippen molar-refractivity contribution in [3.63, 3.8) is 0 Å². The Labute approximate surface area is 110 Å². The summed E-state index contributed by atoms with van der Waals surface area (Å²) < 4.78 is 0. The van der Waals surface area contributed by atoms with Crippen LogP contribution in [-0.2, 0) is 12.8 Å². The average molecular weight is 245 g/mol. The van der Waals surface area contributed by atoms with Crippen molar-refractivity contribution in [3.8, 4) is 5.75 Å². The molecule has 0 amide bonds. The van der Waals surface area contributed by atoms with Crippen LogP contribution in [0.1, 0.15) is 37.3 Å². The minimum atomic E-state index is 0.507. The Balaban J connectivity index is 1.88. The van der Waals surface area contributed by atoms with E-state index in [9.17, 15) is 5.11 Å². The summed E-state index contributed by atoms with van der Waals surface area (Å²) in [6.45, 7) is 4.72. The van der Waals surface area contributed by atoms with Gasteiger partial charge in [0.25, 0.3) is 0 Å². The third-order valence-corrected chi connectivity index (χ3v) is 4.69. The summed E-state index contributed by atoms with van der Waals surface area (Å²) in [5.74, 6) is 1.31. The zero-order chi connectivity index (χ0) is 12.5. The Kier molecular flexibility index (Phi) is 3.29. The lowest BCUT2D eigenvalue weighted by molar-refractivity contribution is 0.0848. The molecule has 1 aliphatic carbocycles. The molecule has 0 bridgehead atoms. The van der Waals surface area contributed by atoms with Gasteiger partial charge < -0.3 is 5.11 Å². The molecule has 1 saturated heterocycles. The second kappa shape index (κ2) is 4.93. The van der Waals surface area contributed by atoms with Gasteiger partial charge in [-0.2, -0.15) is 0 Å². The first kappa shape index (κ1) is 12.0. The molecule has 0 unspecified atom stereocenters. The SMILES string of the molecule is CCCN1CCC[C@@H]2Cc3cccc(O)c3C[C@@H]21. The van der Waals surface area contributed by atoms with Crippen molar-refractivity contribution >= 4 is 0 Å². The van der Waals surface area contributed by atoms with E-state index in [1.54, 1.807) is 0 Å². The number of aromatic hydroxyl groups is 1. The lowest BCUT2D eigenvalue weighted by Crippen LogP contribution is -2.49. The highest BCUT2D eigenvalue weighted by Crippen LogP contribution is 2.38. The molecule has 2 atom stereocenters. The average Bonchev–Trinajstić information content (AvgIpc) is 2.38. The van der Waals surface area contributed by atoms with Gasteiger partial charge in [-0.25, -0.2) is 0 Å². The number of fused-ring (bicyclic) bond motifs is 2. The van der Waals surface area contributed by atoms with E-state index in [1.165, 1.54) is 43.5 Å². The third-order valence-electron chi connectivity index (χ3n) is 4.69. The maximum absolute atomic E-state index is 10.0. The maximum Gasteiger partial charge on any atom is 0.119 e. The van der Waals surface area contributed by atoms with Crippen molar-refractivity contribution in [2.45, 2.75) is 45.1 Å². The molecule has 98 valence electrons. The molecule has 2 heteroatoms. The highest BCUT2D eigenvalue weighted by atomic mass is 16.3. The predicted molar refractivity (Wildman–Crippen MR) is 73.9 cm³/mol. The first-order chi connectivity index (χ1) is 8.79. The van der Waals surface area contributed by atoms with Gasteiger partial charge in [0.05, 0.1) is 0 Å². The topological polar surface area (TPSA) is 23.5 Å². The fraction of sp³-hybridized carbons (Fsp3) is 0.625. The van der Waals surface area contributed by atoms with E-state index in [1.807, 2.05) is 12.1 Å². The number of benzene rings is 1. The van der Waals surface area contributed by atoms with Crippen LogP contribution in [0.5, 0.6) is 5.75 Å². The Bertz CT molecular complexity index is 427. The van der Waals surface area contributed by atoms with Crippen LogP contribution in [0.25, 0.3) is 0 Å². The molecule has 1 fully saturated rings. The van der Waals surface area contributed by atoms with Crippen molar-refractivity contribution in [2.24, 2.45) is 5.92 Å². The number of hydrogen-bond acceptors (Lipinski definition) is 2. The first-order valence-electron chi connectivity index (χ1n) is 7.33. The molecular weight excluding hydrogens is 222 g/mol. The first-order valence-corrected chi connectivity index (χ1v) is 7.33. The molecule has 18 heavy (non-hydrogen) atoms. The van der Waals surface area contributed by atoms with Crippen LogP contribution in [0.4, 0.5) is 0 Å². The van der Waals surface area contributed by atoms with Crippen molar-refractivity contribution in [1.82, 2.24) is 4.90 Å². The van der Waals surface area contributed by atoms with Crippen LogP contribution in [0.3, 0.4) is 0 Å². The molecule has 1 N–H and O–H groups in total. The molecule has 0 aromatic heterocycles. The Hall–Kier alpha value is -1.02. The fourth-order valence-corrected chi connectivity index (χ4v) is 3.85. The Morgan fingerprint density at radius 1 is 1.33 bits per heavy atom. The number of rotatable bonds is 2. The molecule has 2 nitrogen and oxygen atoms in total. The summed E-state index contributed by atoms with van der Waals surface area (Å²) in [5, 5.41) is 10.0. The monoisotopic (exact) mass is 245 g/mol. The van der Waals surface area contributed by atoms with Gasteiger partial charge in [0.2, 0.25) is 0 Å². The van der Waals surface area contributed by atoms with Crippen LogP contribution in [0.15, 0.2) is 18.2 Å². The van der Waals surface area contributed by atoms with E-state index >= 15 is 0 Å². The van der Waals surface area contributed by atoms with Gasteiger partial charge in [0.15, 0.2) is 0 Å². The number of phenolic OH excluding ortho intramolecular Hbond substituents is 1. The lowest BCUT2D eigenvalue weighted by Gasteiger charge is -2.44. The number of nitrogens with zero attached hydrogens (tertiary/aromatic N) is 1. The molecule has 1 aromatic rings. The van der Waals surface area contributed by atoms with Gasteiger partial charge in [-0.1, -0.05) is 19.1 Å². The van der Waals surface area contributed by atoms with Gasteiger partial charge in [0, 0.05) is 6.04 Å². The van der Waals surface area contributed by atoms with Crippen LogP contribution in [-0.4, -0.2) is 29.1 Å². The molecule has 1 aliphatic heterocycles. The van der Waals surface area contributed by atoms with Gasteiger partial charge in [-0.05, 0) is 68.3 Å². The van der Waals surface area contributed by atoms with Crippen molar-refractivity contribution in [2.75, 3.05) is 13.1 Å². The standard InChI is InChI=1S/C16H23NO/c1-2-8-17-9-4-6-13-10-12-5-3-7-16(18)14(12)11-15(13)17/h3,5,7,13,15,18H,2,4,6,8-11H2,1H3/t13-,15+/m1/s1. The summed E-state index contributed by atoms with van der Waals surface area (Å²) in [6.07, 6.45) is 6.15. The minimum absolute atomic E-state index is 0.507. The van der Waals surface area contributed by atoms with E-state index in [4.69, 9.17) is 0 Å². The van der Waals surface area contributed by atoms with E-state index in [2.05, 4.69) is 17.9 Å². The van der Waals surface area contributed by atoms with E-state index in [-0.39, 0.29) is 0 Å². The zero-order valence-corrected chi connectivity index (χ0v) is 11.2. The second-order valence-electron chi connectivity index (χ2n) is 5.83. The molecule has 1 heterocycles. The molecule has 0 spiro atoms. The van der Waals surface area contributed by atoms with Gasteiger partial charge >= 0.3 is 0 Å². The van der Waals surface area contributed by atoms with E-state index in [0.717, 1.165) is 18.8 Å². The fourth-order valence-electron chi connectivity index (χ4n) is 3.85. The van der Waals surface area contributed by atoms with Crippen LogP contribution in [0, 0.1) is 5.92 Å². The number of hydrogen-bond donors (Lipinski definition) is 1. The van der Waals surface area contributed by atoms with Crippen LogP contribution >= 0.6 is 0 Å². The summed E-state index contributed by atoms with van der Waals surface area (Å²) in [7, 11) is 0. The molecular formula is C16H23NO. The highest BCUT2D eigenvalue weighted by Gasteiger charge is 2.35. The van der Waals surface area contributed by atoms with Crippen molar-refractivity contribution in [1.29, 1.82) is 0 Å². The lowest BCUT2D eigenvalue weighted by atomic mass is 9.75. The van der Waals surface area contributed by atoms with Gasteiger partial charge in [-0.15, -0.1) is 0 Å². The number of piperidine rings is 1. The smallest absolute Gasteiger partial charge is 0.119 e. The molecule has 0 saturated carbocycles. The number of phenols is 1. The van der Waals surface area contributed by atoms with Crippen LogP contribution < -0.4 is 0 Å². The molecule has 0 radical (unpaired) electrons. The Morgan fingerprint density at radius 2 is 2.22 bits per heavy atom. The van der Waals surface area contributed by atoms with Crippen molar-refractivity contribution in [3.05, 3.63) is 29.3 Å². The zero-order valence-electron chi connectivity index (χ0n) is 11.2. The predicted octanol–water partition coefficient (Wildman–Crippen LogP) is 2.98. The van der Waals surface area contributed by atoms with E-state index < -0.39 is 0 Å². The second-order valence-corrected chi connectivity index (χ2v) is 5.83. The minimum Gasteiger partial charge on any atom is -0.508 e. The third kappa shape index (κ3) is 2.03. The summed E-state index contributed by atoms with van der Waals surface area (Å²) in [6, 6.07) is 6.69. The maximum atomic E-state index is 10.0. The van der Waals surface area contributed by atoms with Crippen molar-refractivity contribution < 1.29 is 5.11 Å². The summed E-state index contributed by atoms with van der Waals surface area (Å²) in [4.78, 5) is 2.66. The summed E-state index contributed by atoms with van der Waals surface area (Å²) >= 11 is 0. The normalized spacial score (nSPS) is 27.6. The molecule has 2 aliphatic rings. The Morgan fingerprint density at radius 3 is 3.06 bits per heavy atom. The van der Waals surface area contributed by atoms with Gasteiger partial charge in [0.1, 0.15) is 5.75 Å². The van der Waals surface area contributed by atoms with E-state index in [0.29, 0.717) is 11.8 Å². The van der Waals surface area contributed by atoms with Crippen LogP contribution in [0.2, 0.25) is 0 Å². The van der Waals surface area contributed by atoms with Gasteiger partial charge in [-0.3, -0.25) is 4.90 Å². The number of likely N-dealkylation sites (tertiary alicyclic amines) is 1. The largest absolute Gasteiger partial charge is 0.508 e. The molecule has 1 aromatic carbocycles.